The molecule has 0 aliphatic carbocycles. The lowest BCUT2D eigenvalue weighted by molar-refractivity contribution is 0.912. The van der Waals surface area contributed by atoms with Gasteiger partial charge in [0.2, 0.25) is 0 Å². The summed E-state index contributed by atoms with van der Waals surface area (Å²) in [6.45, 7) is 0. The van der Waals surface area contributed by atoms with Gasteiger partial charge in [0.05, 0.1) is 6.20 Å². The molecule has 2 heterocycles. The normalized spacial score (nSPS) is 10.9. The highest BCUT2D eigenvalue weighted by molar-refractivity contribution is 5.78. The van der Waals surface area contributed by atoms with Gasteiger partial charge in [-0.25, -0.2) is 14.5 Å². The summed E-state index contributed by atoms with van der Waals surface area (Å²) in [6, 6.07) is 20.2. The van der Waals surface area contributed by atoms with E-state index in [9.17, 15) is 0 Å². The van der Waals surface area contributed by atoms with Gasteiger partial charge in [0.1, 0.15) is 11.4 Å². The zero-order valence-electron chi connectivity index (χ0n) is 11.2. The summed E-state index contributed by atoms with van der Waals surface area (Å²) < 4.78 is 1.70. The van der Waals surface area contributed by atoms with Crippen LogP contribution in [0.15, 0.2) is 73.1 Å². The zero-order valence-corrected chi connectivity index (χ0v) is 11.2. The summed E-state index contributed by atoms with van der Waals surface area (Å²) in [5.74, 6) is 0.605. The van der Waals surface area contributed by atoms with Crippen LogP contribution in [0.2, 0.25) is 0 Å². The number of hydrogen-bond donors (Lipinski definition) is 0. The molecule has 100 valence electrons. The highest BCUT2D eigenvalue weighted by atomic mass is 15.3. The van der Waals surface area contributed by atoms with Gasteiger partial charge in [-0.1, -0.05) is 60.7 Å². The molecule has 0 saturated heterocycles. The Bertz CT molecular complexity index is 809. The Morgan fingerprint density at radius 3 is 2.00 bits per heavy atom. The molecule has 0 bridgehead atoms. The molecule has 0 atom stereocenters. The number of fused-ring (bicyclic) bond motifs is 1. The van der Waals surface area contributed by atoms with Crippen LogP contribution in [0.5, 0.6) is 0 Å². The molecule has 2 aromatic carbocycles. The van der Waals surface area contributed by atoms with Crippen molar-refractivity contribution in [3.8, 4) is 22.5 Å². The monoisotopic (exact) mass is 272 g/mol. The number of aromatic nitrogens is 4. The Kier molecular flexibility index (Phi) is 2.71. The van der Waals surface area contributed by atoms with Gasteiger partial charge in [0.25, 0.3) is 5.78 Å². The van der Waals surface area contributed by atoms with E-state index < -0.39 is 0 Å². The Labute approximate surface area is 121 Å². The minimum Gasteiger partial charge on any atom is -0.218 e. The van der Waals surface area contributed by atoms with Crippen LogP contribution in [0.1, 0.15) is 0 Å². The lowest BCUT2D eigenvalue weighted by atomic mass is 10.0. The van der Waals surface area contributed by atoms with Crippen LogP contribution in [0, 0.1) is 0 Å². The van der Waals surface area contributed by atoms with Crippen molar-refractivity contribution in [1.29, 1.82) is 0 Å². The summed E-state index contributed by atoms with van der Waals surface area (Å²) in [7, 11) is 0. The quantitative estimate of drug-likeness (QED) is 0.561. The second kappa shape index (κ2) is 4.83. The second-order valence-corrected chi connectivity index (χ2v) is 4.71. The van der Waals surface area contributed by atoms with Gasteiger partial charge in [0.15, 0.2) is 0 Å². The Balaban J connectivity index is 2.03. The average molecular weight is 272 g/mol. The molecule has 0 spiro atoms. The van der Waals surface area contributed by atoms with Crippen molar-refractivity contribution >= 4 is 5.78 Å². The molecule has 21 heavy (non-hydrogen) atoms. The highest BCUT2D eigenvalue weighted by Crippen LogP contribution is 2.28. The van der Waals surface area contributed by atoms with Crippen molar-refractivity contribution in [3.63, 3.8) is 0 Å². The minimum atomic E-state index is 0.605. The van der Waals surface area contributed by atoms with Gasteiger partial charge in [0, 0.05) is 17.3 Å². The minimum absolute atomic E-state index is 0.605. The number of hydrogen-bond acceptors (Lipinski definition) is 3. The van der Waals surface area contributed by atoms with E-state index in [0.717, 1.165) is 22.5 Å². The summed E-state index contributed by atoms with van der Waals surface area (Å²) >= 11 is 0. The maximum absolute atomic E-state index is 4.67. The largest absolute Gasteiger partial charge is 0.251 e. The molecule has 0 unspecified atom stereocenters. The Morgan fingerprint density at radius 1 is 0.714 bits per heavy atom. The molecule has 4 rings (SSSR count). The van der Waals surface area contributed by atoms with E-state index in [-0.39, 0.29) is 0 Å². The first-order valence-corrected chi connectivity index (χ1v) is 6.74. The number of imidazole rings is 1. The molecule has 0 aliphatic rings. The third-order valence-corrected chi connectivity index (χ3v) is 3.34. The SMILES string of the molecule is c1ccc(-c2nc3nccn3nc2-c2ccccc2)cc1. The second-order valence-electron chi connectivity index (χ2n) is 4.71. The van der Waals surface area contributed by atoms with Crippen LogP contribution in [0.4, 0.5) is 0 Å². The van der Waals surface area contributed by atoms with Crippen molar-refractivity contribution in [2.75, 3.05) is 0 Å². The predicted octanol–water partition coefficient (Wildman–Crippen LogP) is 3.46. The number of nitrogens with zero attached hydrogens (tertiary/aromatic N) is 4. The molecule has 0 saturated carbocycles. The maximum atomic E-state index is 4.67. The van der Waals surface area contributed by atoms with Crippen LogP contribution in [0.25, 0.3) is 28.3 Å². The van der Waals surface area contributed by atoms with E-state index in [1.807, 2.05) is 66.9 Å². The third kappa shape index (κ3) is 2.07. The average Bonchev–Trinajstić information content (AvgIpc) is 3.03. The first-order chi connectivity index (χ1) is 10.4. The van der Waals surface area contributed by atoms with Crippen molar-refractivity contribution < 1.29 is 0 Å². The van der Waals surface area contributed by atoms with Crippen molar-refractivity contribution in [2.45, 2.75) is 0 Å². The first-order valence-electron chi connectivity index (χ1n) is 6.74. The standard InChI is InChI=1S/C17H12N4/c1-3-7-13(8-4-1)15-16(14-9-5-2-6-10-14)20-21-12-11-18-17(21)19-15/h1-12H. The van der Waals surface area contributed by atoms with Crippen LogP contribution < -0.4 is 0 Å². The van der Waals surface area contributed by atoms with Gasteiger partial charge in [-0.05, 0) is 0 Å². The van der Waals surface area contributed by atoms with Crippen LogP contribution in [-0.2, 0) is 0 Å². The van der Waals surface area contributed by atoms with Crippen molar-refractivity contribution in [1.82, 2.24) is 19.6 Å². The Hall–Kier alpha value is -3.01. The molecule has 0 N–H and O–H groups in total. The summed E-state index contributed by atoms with van der Waals surface area (Å²) in [5.41, 5.74) is 3.78. The lowest BCUT2D eigenvalue weighted by Crippen LogP contribution is -2.00. The fourth-order valence-corrected chi connectivity index (χ4v) is 2.34. The van der Waals surface area contributed by atoms with Crippen molar-refractivity contribution in [3.05, 3.63) is 73.1 Å². The van der Waals surface area contributed by atoms with Gasteiger partial charge in [-0.2, -0.15) is 5.10 Å². The van der Waals surface area contributed by atoms with Crippen LogP contribution in [0.3, 0.4) is 0 Å². The lowest BCUT2D eigenvalue weighted by Gasteiger charge is -2.08. The van der Waals surface area contributed by atoms with Gasteiger partial charge >= 0.3 is 0 Å². The van der Waals surface area contributed by atoms with Crippen LogP contribution in [-0.4, -0.2) is 19.6 Å². The summed E-state index contributed by atoms with van der Waals surface area (Å²) in [4.78, 5) is 8.90. The molecular formula is C17H12N4. The van der Waals surface area contributed by atoms with E-state index in [1.165, 1.54) is 0 Å². The van der Waals surface area contributed by atoms with Gasteiger partial charge in [-0.15, -0.1) is 0 Å². The van der Waals surface area contributed by atoms with E-state index >= 15 is 0 Å². The topological polar surface area (TPSA) is 43.1 Å². The molecule has 0 radical (unpaired) electrons. The highest BCUT2D eigenvalue weighted by Gasteiger charge is 2.13. The summed E-state index contributed by atoms with van der Waals surface area (Å²) in [5, 5.41) is 4.67. The third-order valence-electron chi connectivity index (χ3n) is 3.34. The maximum Gasteiger partial charge on any atom is 0.251 e. The fourth-order valence-electron chi connectivity index (χ4n) is 2.34. The molecule has 4 aromatic rings. The molecule has 0 amide bonds. The first kappa shape index (κ1) is 11.8. The molecule has 2 aromatic heterocycles. The van der Waals surface area contributed by atoms with E-state index in [1.54, 1.807) is 10.7 Å². The van der Waals surface area contributed by atoms with E-state index in [0.29, 0.717) is 5.78 Å². The molecule has 4 nitrogen and oxygen atoms in total. The van der Waals surface area contributed by atoms with Gasteiger partial charge in [-0.3, -0.25) is 0 Å². The van der Waals surface area contributed by atoms with Crippen molar-refractivity contribution in [2.24, 2.45) is 0 Å². The Morgan fingerprint density at radius 2 is 1.33 bits per heavy atom. The number of benzene rings is 2. The molecular weight excluding hydrogens is 260 g/mol. The van der Waals surface area contributed by atoms with E-state index in [2.05, 4.69) is 15.1 Å². The molecule has 4 heteroatoms. The zero-order chi connectivity index (χ0) is 14.1. The smallest absolute Gasteiger partial charge is 0.218 e. The molecule has 0 fully saturated rings. The van der Waals surface area contributed by atoms with E-state index in [4.69, 9.17) is 0 Å². The van der Waals surface area contributed by atoms with Crippen LogP contribution >= 0.6 is 0 Å². The molecule has 0 aliphatic heterocycles. The predicted molar refractivity (Wildman–Crippen MR) is 81.7 cm³/mol. The summed E-state index contributed by atoms with van der Waals surface area (Å²) in [6.07, 6.45) is 3.52. The van der Waals surface area contributed by atoms with Gasteiger partial charge < -0.3 is 0 Å². The fraction of sp³-hybridized carbons (Fsp3) is 0. The number of rotatable bonds is 2.